The van der Waals surface area contributed by atoms with Crippen molar-refractivity contribution in [2.75, 3.05) is 32.7 Å². The summed E-state index contributed by atoms with van der Waals surface area (Å²) >= 11 is 0. The van der Waals surface area contributed by atoms with Crippen LogP contribution in [0.4, 0.5) is 0 Å². The molecular formula is C20H26N3O2+. The van der Waals surface area contributed by atoms with Crippen LogP contribution in [0.25, 0.3) is 10.8 Å². The number of amides is 2. The lowest BCUT2D eigenvalue weighted by Gasteiger charge is -2.32. The Kier molecular flexibility index (Phi) is 5.66. The number of fused-ring (bicyclic) bond motifs is 1. The highest BCUT2D eigenvalue weighted by Crippen LogP contribution is 2.17. The first-order valence-electron chi connectivity index (χ1n) is 8.96. The van der Waals surface area contributed by atoms with Gasteiger partial charge in [-0.3, -0.25) is 9.59 Å². The van der Waals surface area contributed by atoms with E-state index in [4.69, 9.17) is 0 Å². The van der Waals surface area contributed by atoms with Crippen LogP contribution in [-0.4, -0.2) is 49.4 Å². The second kappa shape index (κ2) is 8.12. The SMILES string of the molecule is CC(=O)NCCC(=O)N1CC[NH+](Cc2cccc3ccccc23)CC1. The average Bonchev–Trinajstić information content (AvgIpc) is 2.62. The summed E-state index contributed by atoms with van der Waals surface area (Å²) in [6.07, 6.45) is 0.387. The van der Waals surface area contributed by atoms with Crippen molar-refractivity contribution in [2.24, 2.45) is 0 Å². The summed E-state index contributed by atoms with van der Waals surface area (Å²) in [4.78, 5) is 26.5. The summed E-state index contributed by atoms with van der Waals surface area (Å²) in [5, 5.41) is 5.29. The van der Waals surface area contributed by atoms with Crippen molar-refractivity contribution in [1.29, 1.82) is 0 Å². The van der Waals surface area contributed by atoms with Crippen molar-refractivity contribution in [3.63, 3.8) is 0 Å². The van der Waals surface area contributed by atoms with E-state index in [1.807, 2.05) is 4.90 Å². The number of quaternary nitrogens is 1. The topological polar surface area (TPSA) is 53.9 Å². The molecule has 1 saturated heterocycles. The largest absolute Gasteiger partial charge is 0.356 e. The van der Waals surface area contributed by atoms with Gasteiger partial charge in [-0.25, -0.2) is 0 Å². The van der Waals surface area contributed by atoms with E-state index in [2.05, 4.69) is 47.8 Å². The Hall–Kier alpha value is -2.40. The van der Waals surface area contributed by atoms with Crippen molar-refractivity contribution >= 4 is 22.6 Å². The van der Waals surface area contributed by atoms with Crippen molar-refractivity contribution in [3.8, 4) is 0 Å². The molecule has 3 rings (SSSR count). The van der Waals surface area contributed by atoms with Crippen LogP contribution in [0.15, 0.2) is 42.5 Å². The van der Waals surface area contributed by atoms with E-state index in [0.29, 0.717) is 13.0 Å². The summed E-state index contributed by atoms with van der Waals surface area (Å²) in [5.41, 5.74) is 1.37. The maximum Gasteiger partial charge on any atom is 0.224 e. The predicted molar refractivity (Wildman–Crippen MR) is 98.2 cm³/mol. The second-order valence-electron chi connectivity index (χ2n) is 6.68. The van der Waals surface area contributed by atoms with Crippen LogP contribution < -0.4 is 10.2 Å². The average molecular weight is 340 g/mol. The van der Waals surface area contributed by atoms with Crippen molar-refractivity contribution in [3.05, 3.63) is 48.0 Å². The van der Waals surface area contributed by atoms with Gasteiger partial charge in [-0.05, 0) is 10.8 Å². The number of nitrogens with zero attached hydrogens (tertiary/aromatic N) is 1. The predicted octanol–water partition coefficient (Wildman–Crippen LogP) is 0.593. The fraction of sp³-hybridized carbons (Fsp3) is 0.400. The van der Waals surface area contributed by atoms with Crippen molar-refractivity contribution < 1.29 is 14.5 Å². The van der Waals surface area contributed by atoms with Crippen LogP contribution in [0.5, 0.6) is 0 Å². The van der Waals surface area contributed by atoms with Crippen LogP contribution in [-0.2, 0) is 16.1 Å². The zero-order valence-corrected chi connectivity index (χ0v) is 14.8. The Morgan fingerprint density at radius 1 is 1.08 bits per heavy atom. The fourth-order valence-corrected chi connectivity index (χ4v) is 3.47. The van der Waals surface area contributed by atoms with Crippen LogP contribution in [0.3, 0.4) is 0 Å². The molecule has 2 aromatic carbocycles. The number of hydrogen-bond donors (Lipinski definition) is 2. The molecule has 2 aromatic rings. The number of hydrogen-bond acceptors (Lipinski definition) is 2. The maximum atomic E-state index is 12.2. The van der Waals surface area contributed by atoms with Gasteiger partial charge >= 0.3 is 0 Å². The van der Waals surface area contributed by atoms with Gasteiger partial charge in [0.25, 0.3) is 0 Å². The Bertz CT molecular complexity index is 746. The van der Waals surface area contributed by atoms with Gasteiger partial charge in [-0.15, -0.1) is 0 Å². The van der Waals surface area contributed by atoms with Crippen LogP contribution in [0, 0.1) is 0 Å². The molecule has 1 heterocycles. The zero-order valence-electron chi connectivity index (χ0n) is 14.8. The lowest BCUT2D eigenvalue weighted by Crippen LogP contribution is -3.13. The third kappa shape index (κ3) is 4.57. The van der Waals surface area contributed by atoms with E-state index in [1.54, 1.807) is 0 Å². The van der Waals surface area contributed by atoms with Gasteiger partial charge in [0.1, 0.15) is 6.54 Å². The zero-order chi connectivity index (χ0) is 17.6. The molecule has 1 aliphatic rings. The van der Waals surface area contributed by atoms with Crippen LogP contribution >= 0.6 is 0 Å². The molecule has 0 spiro atoms. The van der Waals surface area contributed by atoms with E-state index in [-0.39, 0.29) is 11.8 Å². The normalized spacial score (nSPS) is 15.3. The number of benzene rings is 2. The quantitative estimate of drug-likeness (QED) is 0.837. The molecule has 0 bridgehead atoms. The third-order valence-electron chi connectivity index (χ3n) is 4.86. The van der Waals surface area contributed by atoms with Crippen LogP contribution in [0.2, 0.25) is 0 Å². The minimum Gasteiger partial charge on any atom is -0.356 e. The van der Waals surface area contributed by atoms with Crippen molar-refractivity contribution in [1.82, 2.24) is 10.2 Å². The molecule has 0 atom stereocenters. The highest BCUT2D eigenvalue weighted by Gasteiger charge is 2.23. The summed E-state index contributed by atoms with van der Waals surface area (Å²) in [7, 11) is 0. The highest BCUT2D eigenvalue weighted by molar-refractivity contribution is 5.85. The molecule has 0 radical (unpaired) electrons. The summed E-state index contributed by atoms with van der Waals surface area (Å²) in [6, 6.07) is 15.0. The first-order chi connectivity index (χ1) is 12.1. The number of carbonyl (C=O) groups excluding carboxylic acids is 2. The minimum atomic E-state index is -0.0860. The first-order valence-corrected chi connectivity index (χ1v) is 8.96. The molecule has 5 nitrogen and oxygen atoms in total. The summed E-state index contributed by atoms with van der Waals surface area (Å²) < 4.78 is 0. The number of carbonyl (C=O) groups is 2. The Labute approximate surface area is 148 Å². The second-order valence-corrected chi connectivity index (χ2v) is 6.68. The van der Waals surface area contributed by atoms with Gasteiger partial charge in [0.2, 0.25) is 11.8 Å². The van der Waals surface area contributed by atoms with Gasteiger partial charge in [-0.2, -0.15) is 0 Å². The molecule has 1 fully saturated rings. The molecule has 5 heteroatoms. The summed E-state index contributed by atoms with van der Waals surface area (Å²) in [6.45, 7) is 6.41. The number of piperazine rings is 1. The minimum absolute atomic E-state index is 0.0860. The number of nitrogens with one attached hydrogen (secondary N) is 2. The third-order valence-corrected chi connectivity index (χ3v) is 4.86. The van der Waals surface area contributed by atoms with Gasteiger partial charge in [0.05, 0.1) is 26.2 Å². The van der Waals surface area contributed by atoms with Gasteiger partial charge in [0, 0.05) is 25.5 Å². The highest BCUT2D eigenvalue weighted by atomic mass is 16.2. The van der Waals surface area contributed by atoms with Crippen molar-refractivity contribution in [2.45, 2.75) is 19.9 Å². The molecule has 0 aliphatic carbocycles. The first kappa shape index (κ1) is 17.4. The molecule has 132 valence electrons. The molecule has 2 amide bonds. The molecular weight excluding hydrogens is 314 g/mol. The molecule has 25 heavy (non-hydrogen) atoms. The Morgan fingerprint density at radius 3 is 2.56 bits per heavy atom. The lowest BCUT2D eigenvalue weighted by molar-refractivity contribution is -0.917. The lowest BCUT2D eigenvalue weighted by atomic mass is 10.0. The fourth-order valence-electron chi connectivity index (χ4n) is 3.47. The standard InChI is InChI=1S/C20H25N3O2/c1-16(24)21-10-9-20(25)23-13-11-22(12-14-23)15-18-7-4-6-17-5-2-3-8-19(17)18/h2-8H,9-15H2,1H3,(H,21,24)/p+1. The van der Waals surface area contributed by atoms with E-state index in [0.717, 1.165) is 32.7 Å². The molecule has 0 aromatic heterocycles. The molecule has 1 aliphatic heterocycles. The van der Waals surface area contributed by atoms with E-state index in [1.165, 1.54) is 28.2 Å². The monoisotopic (exact) mass is 340 g/mol. The van der Waals surface area contributed by atoms with Gasteiger partial charge < -0.3 is 15.1 Å². The summed E-state index contributed by atoms with van der Waals surface area (Å²) in [5.74, 6) is 0.0510. The van der Waals surface area contributed by atoms with E-state index >= 15 is 0 Å². The van der Waals surface area contributed by atoms with Gasteiger partial charge in [-0.1, -0.05) is 42.5 Å². The molecule has 0 unspecified atom stereocenters. The number of rotatable bonds is 5. The van der Waals surface area contributed by atoms with E-state index in [9.17, 15) is 9.59 Å². The molecule has 2 N–H and O–H groups in total. The smallest absolute Gasteiger partial charge is 0.224 e. The van der Waals surface area contributed by atoms with Gasteiger partial charge in [0.15, 0.2) is 0 Å². The Balaban J connectivity index is 1.52. The Morgan fingerprint density at radius 2 is 1.80 bits per heavy atom. The van der Waals surface area contributed by atoms with E-state index < -0.39 is 0 Å². The molecule has 0 saturated carbocycles. The van der Waals surface area contributed by atoms with Crippen LogP contribution in [0.1, 0.15) is 18.9 Å². The maximum absolute atomic E-state index is 12.2.